The number of benzene rings is 1. The van der Waals surface area contributed by atoms with Crippen molar-refractivity contribution in [3.63, 3.8) is 0 Å². The van der Waals surface area contributed by atoms with Crippen LogP contribution in [0, 0.1) is 0 Å². The van der Waals surface area contributed by atoms with E-state index < -0.39 is 0 Å². The monoisotopic (exact) mass is 226 g/mol. The van der Waals surface area contributed by atoms with E-state index in [4.69, 9.17) is 7.98 Å². The van der Waals surface area contributed by atoms with Gasteiger partial charge in [0.15, 0.2) is 7.98 Å². The van der Waals surface area contributed by atoms with Gasteiger partial charge in [-0.1, -0.05) is 18.2 Å². The Morgan fingerprint density at radius 2 is 1.94 bits per heavy atom. The van der Waals surface area contributed by atoms with Gasteiger partial charge in [0.1, 0.15) is 0 Å². The molecule has 0 aromatic heterocycles. The van der Waals surface area contributed by atoms with Gasteiger partial charge in [0.2, 0.25) is 0 Å². The minimum atomic E-state index is 0.364. The van der Waals surface area contributed by atoms with Crippen molar-refractivity contribution in [1.29, 1.82) is 0 Å². The molecule has 0 aliphatic carbocycles. The van der Waals surface area contributed by atoms with E-state index in [-0.39, 0.29) is 0 Å². The first kappa shape index (κ1) is 11.2. The zero-order valence-electron chi connectivity index (χ0n) is 10.5. The van der Waals surface area contributed by atoms with Crippen molar-refractivity contribution in [2.24, 2.45) is 0 Å². The number of anilines is 1. The van der Waals surface area contributed by atoms with Crippen molar-refractivity contribution in [2.75, 3.05) is 31.1 Å². The summed E-state index contributed by atoms with van der Waals surface area (Å²) in [4.78, 5) is 4.48. The number of hydrogen-bond acceptors (Lipinski definition) is 2. The molecular formula is C14H19BN2. The van der Waals surface area contributed by atoms with Gasteiger partial charge in [-0.05, 0) is 44.5 Å². The zero-order chi connectivity index (χ0) is 11.9. The fraction of sp³-hybridized carbons (Fsp3) is 0.571. The smallest absolute Gasteiger partial charge is 0.182 e. The highest BCUT2D eigenvalue weighted by Gasteiger charge is 2.43. The molecule has 1 aromatic carbocycles. The molecule has 0 unspecified atom stereocenters. The van der Waals surface area contributed by atoms with E-state index >= 15 is 0 Å². The van der Waals surface area contributed by atoms with Crippen LogP contribution in [0.25, 0.3) is 0 Å². The molecule has 0 amide bonds. The van der Waals surface area contributed by atoms with Gasteiger partial charge in [-0.3, -0.25) is 0 Å². The number of likely N-dealkylation sites (N-methyl/N-ethyl adjacent to an activating group) is 1. The fourth-order valence-corrected chi connectivity index (χ4v) is 3.40. The third-order valence-electron chi connectivity index (χ3n) is 4.45. The van der Waals surface area contributed by atoms with E-state index in [1.165, 1.54) is 25.1 Å². The molecule has 0 saturated carbocycles. The van der Waals surface area contributed by atoms with Crippen LogP contribution in [0.1, 0.15) is 25.3 Å². The van der Waals surface area contributed by atoms with Crippen molar-refractivity contribution >= 4 is 13.7 Å². The highest BCUT2D eigenvalue weighted by molar-refractivity contribution is 6.04. The lowest BCUT2D eigenvalue weighted by molar-refractivity contribution is 0.250. The molecule has 2 aliphatic heterocycles. The standard InChI is InChI=1S/C14H19BN2/c1-2-16-11-14(7-9-17(15)10-8-14)12-5-3-4-6-13(12)16/h3-6H,2,7-11H2,1H3. The molecule has 0 bridgehead atoms. The Balaban J connectivity index is 1.98. The van der Waals surface area contributed by atoms with Crippen molar-refractivity contribution < 1.29 is 0 Å². The molecular weight excluding hydrogens is 207 g/mol. The first-order chi connectivity index (χ1) is 8.25. The molecule has 1 aromatic rings. The van der Waals surface area contributed by atoms with Gasteiger partial charge in [0.25, 0.3) is 0 Å². The average Bonchev–Trinajstić information content (AvgIpc) is 2.68. The minimum absolute atomic E-state index is 0.364. The summed E-state index contributed by atoms with van der Waals surface area (Å²) in [5.41, 5.74) is 3.36. The second-order valence-corrected chi connectivity index (χ2v) is 5.35. The van der Waals surface area contributed by atoms with Crippen molar-refractivity contribution in [1.82, 2.24) is 4.81 Å². The quantitative estimate of drug-likeness (QED) is 0.675. The fourth-order valence-electron chi connectivity index (χ4n) is 3.40. The van der Waals surface area contributed by atoms with Gasteiger partial charge in [0, 0.05) is 24.2 Å². The summed E-state index contributed by atoms with van der Waals surface area (Å²) < 4.78 is 0. The maximum absolute atomic E-state index is 5.89. The Kier molecular flexibility index (Phi) is 2.66. The molecule has 3 heteroatoms. The van der Waals surface area contributed by atoms with E-state index in [0.29, 0.717) is 5.41 Å². The Bertz CT molecular complexity index is 410. The number of piperidine rings is 1. The molecule has 0 atom stereocenters. The summed E-state index contributed by atoms with van der Waals surface area (Å²) in [6, 6.07) is 8.91. The maximum atomic E-state index is 5.89. The maximum Gasteiger partial charge on any atom is 0.182 e. The molecule has 2 radical (unpaired) electrons. The van der Waals surface area contributed by atoms with Gasteiger partial charge >= 0.3 is 0 Å². The number of hydrogen-bond donors (Lipinski definition) is 0. The second kappa shape index (κ2) is 4.06. The topological polar surface area (TPSA) is 6.48 Å². The van der Waals surface area contributed by atoms with Crippen molar-refractivity contribution in [3.8, 4) is 0 Å². The molecule has 1 saturated heterocycles. The predicted octanol–water partition coefficient (Wildman–Crippen LogP) is 1.94. The SMILES string of the molecule is [B]N1CCC2(CC1)CN(CC)c1ccccc12. The van der Waals surface area contributed by atoms with E-state index in [1.807, 2.05) is 4.81 Å². The number of fused-ring (bicyclic) bond motifs is 2. The summed E-state index contributed by atoms with van der Waals surface area (Å²) in [6.07, 6.45) is 2.38. The number of para-hydroxylation sites is 1. The summed E-state index contributed by atoms with van der Waals surface area (Å²) in [6.45, 7) is 6.56. The number of nitrogens with zero attached hydrogens (tertiary/aromatic N) is 2. The van der Waals surface area contributed by atoms with Crippen LogP contribution in [0.15, 0.2) is 24.3 Å². The predicted molar refractivity (Wildman–Crippen MR) is 72.6 cm³/mol. The summed E-state index contributed by atoms with van der Waals surface area (Å²) in [7, 11) is 5.89. The molecule has 1 spiro atoms. The lowest BCUT2D eigenvalue weighted by Crippen LogP contribution is -2.44. The van der Waals surface area contributed by atoms with Gasteiger partial charge in [-0.15, -0.1) is 0 Å². The molecule has 17 heavy (non-hydrogen) atoms. The van der Waals surface area contributed by atoms with Crippen LogP contribution in [-0.4, -0.2) is 39.0 Å². The van der Waals surface area contributed by atoms with Crippen LogP contribution in [0.3, 0.4) is 0 Å². The molecule has 1 fully saturated rings. The van der Waals surface area contributed by atoms with E-state index in [1.54, 1.807) is 5.56 Å². The van der Waals surface area contributed by atoms with E-state index in [2.05, 4.69) is 36.1 Å². The lowest BCUT2D eigenvalue weighted by atomic mass is 9.74. The van der Waals surface area contributed by atoms with Gasteiger partial charge in [-0.25, -0.2) is 0 Å². The summed E-state index contributed by atoms with van der Waals surface area (Å²) >= 11 is 0. The molecule has 3 rings (SSSR count). The average molecular weight is 226 g/mol. The van der Waals surface area contributed by atoms with Crippen LogP contribution in [-0.2, 0) is 5.41 Å². The number of rotatable bonds is 1. The van der Waals surface area contributed by atoms with Crippen LogP contribution in [0.4, 0.5) is 5.69 Å². The molecule has 0 N–H and O–H groups in total. The van der Waals surface area contributed by atoms with E-state index in [9.17, 15) is 0 Å². The third-order valence-corrected chi connectivity index (χ3v) is 4.45. The minimum Gasteiger partial charge on any atom is -0.371 e. The Morgan fingerprint density at radius 1 is 1.24 bits per heavy atom. The van der Waals surface area contributed by atoms with Crippen LogP contribution in [0.5, 0.6) is 0 Å². The molecule has 88 valence electrons. The highest BCUT2D eigenvalue weighted by Crippen LogP contribution is 2.46. The van der Waals surface area contributed by atoms with Crippen LogP contribution < -0.4 is 4.90 Å². The lowest BCUT2D eigenvalue weighted by Gasteiger charge is -2.39. The summed E-state index contributed by atoms with van der Waals surface area (Å²) in [5, 5.41) is 0. The Hall–Kier alpha value is -0.955. The third kappa shape index (κ3) is 1.68. The van der Waals surface area contributed by atoms with Gasteiger partial charge in [-0.2, -0.15) is 0 Å². The first-order valence-corrected chi connectivity index (χ1v) is 6.59. The highest BCUT2D eigenvalue weighted by atomic mass is 15.2. The second-order valence-electron chi connectivity index (χ2n) is 5.35. The molecule has 2 nitrogen and oxygen atoms in total. The Labute approximate surface area is 105 Å². The summed E-state index contributed by atoms with van der Waals surface area (Å²) in [5.74, 6) is 0. The largest absolute Gasteiger partial charge is 0.371 e. The Morgan fingerprint density at radius 3 is 2.65 bits per heavy atom. The van der Waals surface area contributed by atoms with Gasteiger partial charge in [0.05, 0.1) is 0 Å². The van der Waals surface area contributed by atoms with Crippen LogP contribution >= 0.6 is 0 Å². The van der Waals surface area contributed by atoms with Gasteiger partial charge < -0.3 is 9.71 Å². The van der Waals surface area contributed by atoms with Crippen molar-refractivity contribution in [2.45, 2.75) is 25.2 Å². The van der Waals surface area contributed by atoms with Crippen LogP contribution in [0.2, 0.25) is 0 Å². The van der Waals surface area contributed by atoms with E-state index in [0.717, 1.165) is 19.6 Å². The molecule has 2 aliphatic rings. The van der Waals surface area contributed by atoms with Crippen molar-refractivity contribution in [3.05, 3.63) is 29.8 Å². The normalized spacial score (nSPS) is 23.0. The zero-order valence-corrected chi connectivity index (χ0v) is 10.5. The molecule has 2 heterocycles. The first-order valence-electron chi connectivity index (χ1n) is 6.59.